The molecule has 2 amide bonds. The van der Waals surface area contributed by atoms with Gasteiger partial charge in [-0.05, 0) is 142 Å². The van der Waals surface area contributed by atoms with Crippen LogP contribution in [0.1, 0.15) is 252 Å². The molecule has 0 aliphatic rings. The van der Waals surface area contributed by atoms with Gasteiger partial charge in [-0.25, -0.2) is 0 Å². The standard InChI is InChI=1S/C69H106N2O6/c1-62(2,3)48-36-44(37-49(58(48)74)63(4,5)6)28-32-70(33-29-45-38-50(64(7,8)9)59(75)51(39-45)65(10,11)12)56(72)26-25-27-57(73)71(34-30-46-40-52(66(13,14)15)60(76)53(41-46)67(16,17)18)35-31-47-42-54(68(19,20)21)61(77)55(43-47)69(22,23)24/h36-43,74-77H,25-35H2,1-24H3. The molecule has 0 atom stereocenters. The van der Waals surface area contributed by atoms with Crippen LogP contribution in [0, 0.1) is 0 Å². The van der Waals surface area contributed by atoms with Crippen molar-refractivity contribution in [2.75, 3.05) is 26.2 Å². The van der Waals surface area contributed by atoms with E-state index in [0.717, 1.165) is 66.8 Å². The van der Waals surface area contributed by atoms with Gasteiger partial charge in [0.2, 0.25) is 11.8 Å². The smallest absolute Gasteiger partial charge is 0.222 e. The molecule has 0 unspecified atom stereocenters. The Hall–Kier alpha value is -4.98. The highest BCUT2D eigenvalue weighted by molar-refractivity contribution is 5.79. The molecule has 0 radical (unpaired) electrons. The molecule has 0 aromatic heterocycles. The molecule has 0 aliphatic heterocycles. The lowest BCUT2D eigenvalue weighted by atomic mass is 9.78. The predicted octanol–water partition coefficient (Wildman–Crippen LogP) is 16.0. The molecule has 4 aromatic carbocycles. The molecule has 77 heavy (non-hydrogen) atoms. The number of phenolic OH excluding ortho intramolecular Hbond substituents is 4. The van der Waals surface area contributed by atoms with Gasteiger partial charge < -0.3 is 30.2 Å². The van der Waals surface area contributed by atoms with Gasteiger partial charge in [0.1, 0.15) is 23.0 Å². The number of hydrogen-bond donors (Lipinski definition) is 4. The van der Waals surface area contributed by atoms with Crippen LogP contribution in [0.5, 0.6) is 23.0 Å². The Balaban J connectivity index is 1.72. The van der Waals surface area contributed by atoms with Crippen LogP contribution >= 0.6 is 0 Å². The average molecular weight is 1060 g/mol. The van der Waals surface area contributed by atoms with Gasteiger partial charge in [0.15, 0.2) is 0 Å². The van der Waals surface area contributed by atoms with Gasteiger partial charge in [-0.15, -0.1) is 0 Å². The molecule has 0 bridgehead atoms. The van der Waals surface area contributed by atoms with E-state index in [0.29, 0.717) is 81.3 Å². The molecule has 428 valence electrons. The van der Waals surface area contributed by atoms with Gasteiger partial charge in [-0.3, -0.25) is 9.59 Å². The number of aromatic hydroxyl groups is 4. The monoisotopic (exact) mass is 1060 g/mol. The van der Waals surface area contributed by atoms with Gasteiger partial charge in [0, 0.05) is 39.0 Å². The molecular weight excluding hydrogens is 953 g/mol. The van der Waals surface area contributed by atoms with Crippen LogP contribution in [0.2, 0.25) is 0 Å². The van der Waals surface area contributed by atoms with Crippen molar-refractivity contribution in [1.29, 1.82) is 0 Å². The summed E-state index contributed by atoms with van der Waals surface area (Å²) < 4.78 is 0. The first-order valence-electron chi connectivity index (χ1n) is 28.8. The minimum Gasteiger partial charge on any atom is -0.507 e. The number of phenols is 4. The molecule has 0 saturated heterocycles. The molecule has 0 spiro atoms. The summed E-state index contributed by atoms with van der Waals surface area (Å²) in [5, 5.41) is 46.2. The normalized spacial score (nSPS) is 13.3. The maximum absolute atomic E-state index is 14.8. The zero-order valence-electron chi connectivity index (χ0n) is 52.9. The minimum absolute atomic E-state index is 0.0110. The van der Waals surface area contributed by atoms with Crippen molar-refractivity contribution in [3.63, 3.8) is 0 Å². The third kappa shape index (κ3) is 17.0. The van der Waals surface area contributed by atoms with E-state index in [2.05, 4.69) is 215 Å². The molecule has 0 saturated carbocycles. The minimum atomic E-state index is -0.298. The average Bonchev–Trinajstić information content (AvgIpc) is 3.24. The van der Waals surface area contributed by atoms with E-state index in [4.69, 9.17) is 0 Å². The van der Waals surface area contributed by atoms with E-state index in [1.54, 1.807) is 0 Å². The van der Waals surface area contributed by atoms with Crippen LogP contribution in [0.25, 0.3) is 0 Å². The maximum Gasteiger partial charge on any atom is 0.222 e. The number of rotatable bonds is 16. The lowest BCUT2D eigenvalue weighted by Crippen LogP contribution is -2.36. The SMILES string of the molecule is CC(C)(C)c1cc(CCN(CCc2cc(C(C)(C)C)c(O)c(C(C)(C)C)c2)C(=O)CCCC(=O)N(CCc2cc(C(C)(C)C)c(O)c(C(C)(C)C)c2)CCc2cc(C(C)(C)C)c(O)c(C(C)(C)C)c2)cc(C(C)(C)C)c1O. The zero-order valence-corrected chi connectivity index (χ0v) is 52.9. The van der Waals surface area contributed by atoms with Crippen LogP contribution < -0.4 is 0 Å². The Morgan fingerprint density at radius 1 is 0.299 bits per heavy atom. The summed E-state index contributed by atoms with van der Waals surface area (Å²) in [6.45, 7) is 52.6. The molecule has 4 N–H and O–H groups in total. The van der Waals surface area contributed by atoms with Crippen LogP contribution in [-0.2, 0) is 78.6 Å². The van der Waals surface area contributed by atoms with E-state index < -0.39 is 0 Å². The Bertz CT molecular complexity index is 2220. The largest absolute Gasteiger partial charge is 0.507 e. The molecule has 0 aliphatic carbocycles. The van der Waals surface area contributed by atoms with Crippen molar-refractivity contribution in [1.82, 2.24) is 9.80 Å². The quantitative estimate of drug-likeness (QED) is 0.0887. The van der Waals surface area contributed by atoms with Gasteiger partial charge in [-0.1, -0.05) is 215 Å². The number of carbonyl (C=O) groups is 2. The zero-order chi connectivity index (χ0) is 59.0. The van der Waals surface area contributed by atoms with E-state index in [1.807, 2.05) is 9.80 Å². The Morgan fingerprint density at radius 2 is 0.442 bits per heavy atom. The third-order valence-electron chi connectivity index (χ3n) is 15.3. The van der Waals surface area contributed by atoms with Crippen molar-refractivity contribution < 1.29 is 30.0 Å². The van der Waals surface area contributed by atoms with Gasteiger partial charge >= 0.3 is 0 Å². The van der Waals surface area contributed by atoms with Crippen LogP contribution in [-0.4, -0.2) is 68.2 Å². The summed E-state index contributed by atoms with van der Waals surface area (Å²) in [7, 11) is 0. The molecule has 8 heteroatoms. The van der Waals surface area contributed by atoms with E-state index in [1.165, 1.54) is 0 Å². The van der Waals surface area contributed by atoms with Crippen LogP contribution in [0.3, 0.4) is 0 Å². The second-order valence-electron chi connectivity index (χ2n) is 30.8. The lowest BCUT2D eigenvalue weighted by molar-refractivity contribution is -0.132. The van der Waals surface area contributed by atoms with Crippen LogP contribution in [0.15, 0.2) is 48.5 Å². The Morgan fingerprint density at radius 3 is 0.571 bits per heavy atom. The summed E-state index contributed by atoms with van der Waals surface area (Å²) in [5.74, 6) is 1.30. The number of nitrogens with zero attached hydrogens (tertiary/aromatic N) is 2. The Kier molecular flexibility index (Phi) is 19.6. The summed E-state index contributed by atoms with van der Waals surface area (Å²) in [6, 6.07) is 16.8. The maximum atomic E-state index is 14.8. The first-order chi connectivity index (χ1) is 34.7. The second-order valence-corrected chi connectivity index (χ2v) is 30.8. The van der Waals surface area contributed by atoms with E-state index >= 15 is 0 Å². The van der Waals surface area contributed by atoms with Gasteiger partial charge in [0.25, 0.3) is 0 Å². The Labute approximate surface area is 468 Å². The molecule has 8 nitrogen and oxygen atoms in total. The summed E-state index contributed by atoms with van der Waals surface area (Å²) in [4.78, 5) is 33.4. The molecule has 0 fully saturated rings. The van der Waals surface area contributed by atoms with Crippen LogP contribution in [0.4, 0.5) is 0 Å². The first kappa shape index (κ1) is 64.5. The van der Waals surface area contributed by atoms with Crippen molar-refractivity contribution >= 4 is 11.8 Å². The highest BCUT2D eigenvalue weighted by Crippen LogP contribution is 2.44. The lowest BCUT2D eigenvalue weighted by Gasteiger charge is -2.30. The summed E-state index contributed by atoms with van der Waals surface area (Å²) >= 11 is 0. The molecule has 4 rings (SSSR count). The summed E-state index contributed by atoms with van der Waals surface area (Å²) in [6.07, 6.45) is 3.17. The second kappa shape index (κ2) is 23.4. The molecule has 0 heterocycles. The third-order valence-corrected chi connectivity index (χ3v) is 15.3. The number of benzene rings is 4. The van der Waals surface area contributed by atoms with Gasteiger partial charge in [-0.2, -0.15) is 0 Å². The summed E-state index contributed by atoms with van der Waals surface area (Å²) in [5.41, 5.74) is 8.97. The van der Waals surface area contributed by atoms with Crippen molar-refractivity contribution in [3.8, 4) is 23.0 Å². The highest BCUT2D eigenvalue weighted by Gasteiger charge is 2.32. The van der Waals surface area contributed by atoms with Crippen molar-refractivity contribution in [2.45, 2.75) is 254 Å². The number of amides is 2. The number of carbonyl (C=O) groups excluding carboxylic acids is 2. The predicted molar refractivity (Wildman–Crippen MR) is 324 cm³/mol. The van der Waals surface area contributed by atoms with Crippen molar-refractivity contribution in [2.24, 2.45) is 0 Å². The molecular formula is C69H106N2O6. The fourth-order valence-corrected chi connectivity index (χ4v) is 10.4. The molecule has 4 aromatic rings. The first-order valence-corrected chi connectivity index (χ1v) is 28.8. The van der Waals surface area contributed by atoms with E-state index in [9.17, 15) is 30.0 Å². The number of hydrogen-bond acceptors (Lipinski definition) is 6. The fraction of sp³-hybridized carbons (Fsp3) is 0.623. The topological polar surface area (TPSA) is 122 Å². The highest BCUT2D eigenvalue weighted by atomic mass is 16.3. The van der Waals surface area contributed by atoms with Crippen molar-refractivity contribution in [3.05, 3.63) is 115 Å². The fourth-order valence-electron chi connectivity index (χ4n) is 10.4. The van der Waals surface area contributed by atoms with Gasteiger partial charge in [0.05, 0.1) is 0 Å². The van der Waals surface area contributed by atoms with E-state index in [-0.39, 0.29) is 68.0 Å².